The molecule has 0 atom stereocenters. The second-order valence-corrected chi connectivity index (χ2v) is 6.39. The molecule has 1 heterocycles. The van der Waals surface area contributed by atoms with Crippen molar-refractivity contribution in [1.82, 2.24) is 10.9 Å². The Balaban J connectivity index is 0.000000194. The number of phenolic OH excluding ortho intramolecular Hbond substituents is 1. The normalized spacial score (nSPS) is 9.81. The van der Waals surface area contributed by atoms with E-state index in [4.69, 9.17) is 10.2 Å². The molecule has 7 heteroatoms. The summed E-state index contributed by atoms with van der Waals surface area (Å²) in [5.74, 6) is -1.18. The maximum absolute atomic E-state index is 11.7. The minimum absolute atomic E-state index is 0.0741. The van der Waals surface area contributed by atoms with E-state index in [1.54, 1.807) is 6.07 Å². The summed E-state index contributed by atoms with van der Waals surface area (Å²) in [7, 11) is 0. The zero-order valence-corrected chi connectivity index (χ0v) is 16.5. The smallest absolute Gasteiger partial charge is 0.305 e. The fraction of sp³-hybridized carbons (Fsp3) is 0. The van der Waals surface area contributed by atoms with Crippen LogP contribution in [-0.4, -0.2) is 16.9 Å². The first-order valence-corrected chi connectivity index (χ1v) is 9.38. The van der Waals surface area contributed by atoms with Gasteiger partial charge < -0.3 is 15.3 Å². The summed E-state index contributed by atoms with van der Waals surface area (Å²) >= 11 is 0. The van der Waals surface area contributed by atoms with Gasteiger partial charge in [0.05, 0.1) is 12.0 Å². The van der Waals surface area contributed by atoms with Crippen molar-refractivity contribution in [2.24, 2.45) is 0 Å². The molecule has 0 fully saturated rings. The maximum Gasteiger partial charge on any atom is 0.305 e. The first-order chi connectivity index (χ1) is 15.0. The second kappa shape index (κ2) is 10.3. The summed E-state index contributed by atoms with van der Waals surface area (Å²) in [5.41, 5.74) is 12.7. The Morgan fingerprint density at radius 3 is 1.84 bits per heavy atom. The van der Waals surface area contributed by atoms with Gasteiger partial charge in [0.15, 0.2) is 5.76 Å². The van der Waals surface area contributed by atoms with Crippen molar-refractivity contribution in [2.75, 3.05) is 5.73 Å². The third-order valence-corrected chi connectivity index (χ3v) is 4.21. The van der Waals surface area contributed by atoms with Crippen LogP contribution in [0.5, 0.6) is 5.75 Å². The van der Waals surface area contributed by atoms with Crippen LogP contribution in [-0.2, 0) is 0 Å². The monoisotopic (exact) mass is 415 g/mol. The van der Waals surface area contributed by atoms with Gasteiger partial charge in [0.25, 0.3) is 5.91 Å². The standard InChI is InChI=1S/C12H11N3O4.C12H10/c13-8-6-7(3-4-9(8)16)11(17)14-15-12(18)10-2-1-5-19-10;1-3-7-11(8-4-1)12-9-5-2-6-10-12/h1-6,16H,13H2,(H,14,17)(H,15,18);1-10H. The van der Waals surface area contributed by atoms with Gasteiger partial charge in [0.1, 0.15) is 5.75 Å². The van der Waals surface area contributed by atoms with Gasteiger partial charge in [-0.15, -0.1) is 0 Å². The zero-order valence-electron chi connectivity index (χ0n) is 16.5. The highest BCUT2D eigenvalue weighted by atomic mass is 16.3. The van der Waals surface area contributed by atoms with E-state index in [1.807, 2.05) is 12.1 Å². The van der Waals surface area contributed by atoms with E-state index in [2.05, 4.69) is 59.4 Å². The van der Waals surface area contributed by atoms with Crippen molar-refractivity contribution >= 4 is 17.5 Å². The molecule has 4 rings (SSSR count). The number of rotatable bonds is 3. The number of hydrogen-bond acceptors (Lipinski definition) is 5. The van der Waals surface area contributed by atoms with E-state index in [0.29, 0.717) is 0 Å². The highest BCUT2D eigenvalue weighted by molar-refractivity contribution is 5.98. The number of hydrogen-bond donors (Lipinski definition) is 4. The Kier molecular flexibility index (Phi) is 7.05. The number of carbonyl (C=O) groups is 2. The van der Waals surface area contributed by atoms with Crippen LogP contribution in [0.4, 0.5) is 5.69 Å². The molecule has 4 aromatic rings. The number of amides is 2. The molecule has 0 aliphatic rings. The fourth-order valence-corrected chi connectivity index (χ4v) is 2.61. The van der Waals surface area contributed by atoms with Crippen molar-refractivity contribution < 1.29 is 19.1 Å². The maximum atomic E-state index is 11.7. The van der Waals surface area contributed by atoms with Crippen LogP contribution in [0.25, 0.3) is 11.1 Å². The number of furan rings is 1. The number of phenols is 1. The molecule has 1 aromatic heterocycles. The molecule has 31 heavy (non-hydrogen) atoms. The Hall–Kier alpha value is -4.52. The predicted octanol–water partition coefficient (Wildman–Crippen LogP) is 4.00. The summed E-state index contributed by atoms with van der Waals surface area (Å²) in [6.45, 7) is 0. The lowest BCUT2D eigenvalue weighted by atomic mass is 10.1. The number of aromatic hydroxyl groups is 1. The molecule has 3 aromatic carbocycles. The van der Waals surface area contributed by atoms with Crippen LogP contribution in [0.1, 0.15) is 20.9 Å². The first kappa shape index (κ1) is 21.2. The second-order valence-electron chi connectivity index (χ2n) is 6.39. The SMILES string of the molecule is Nc1cc(C(=O)NNC(=O)c2ccco2)ccc1O.c1ccc(-c2ccccc2)cc1. The molecule has 5 N–H and O–H groups in total. The van der Waals surface area contributed by atoms with Crippen LogP contribution in [0.2, 0.25) is 0 Å². The van der Waals surface area contributed by atoms with Gasteiger partial charge in [-0.05, 0) is 41.5 Å². The van der Waals surface area contributed by atoms with E-state index >= 15 is 0 Å². The van der Waals surface area contributed by atoms with E-state index in [-0.39, 0.29) is 22.8 Å². The Morgan fingerprint density at radius 2 is 1.32 bits per heavy atom. The molecule has 0 saturated carbocycles. The lowest BCUT2D eigenvalue weighted by Crippen LogP contribution is -2.41. The van der Waals surface area contributed by atoms with E-state index < -0.39 is 11.8 Å². The molecule has 0 saturated heterocycles. The summed E-state index contributed by atoms with van der Waals surface area (Å²) < 4.78 is 4.85. The number of anilines is 1. The van der Waals surface area contributed by atoms with Crippen LogP contribution >= 0.6 is 0 Å². The lowest BCUT2D eigenvalue weighted by Gasteiger charge is -2.07. The summed E-state index contributed by atoms with van der Waals surface area (Å²) in [6.07, 6.45) is 1.34. The van der Waals surface area contributed by atoms with Gasteiger partial charge in [0.2, 0.25) is 0 Å². The largest absolute Gasteiger partial charge is 0.506 e. The molecule has 0 radical (unpaired) electrons. The van der Waals surface area contributed by atoms with Crippen molar-refractivity contribution in [3.8, 4) is 16.9 Å². The van der Waals surface area contributed by atoms with Crippen LogP contribution in [0, 0.1) is 0 Å². The van der Waals surface area contributed by atoms with E-state index in [9.17, 15) is 14.7 Å². The molecular formula is C24H21N3O4. The first-order valence-electron chi connectivity index (χ1n) is 9.38. The molecular weight excluding hydrogens is 394 g/mol. The van der Waals surface area contributed by atoms with Crippen LogP contribution in [0.3, 0.4) is 0 Å². The average molecular weight is 415 g/mol. The number of carbonyl (C=O) groups excluding carboxylic acids is 2. The van der Waals surface area contributed by atoms with Gasteiger partial charge in [-0.25, -0.2) is 0 Å². The molecule has 0 unspecified atom stereocenters. The van der Waals surface area contributed by atoms with Crippen LogP contribution < -0.4 is 16.6 Å². The van der Waals surface area contributed by atoms with Gasteiger partial charge in [0, 0.05) is 5.56 Å². The average Bonchev–Trinajstić information content (AvgIpc) is 3.36. The van der Waals surface area contributed by atoms with Gasteiger partial charge in [-0.1, -0.05) is 60.7 Å². The molecule has 156 valence electrons. The lowest BCUT2D eigenvalue weighted by molar-refractivity contribution is 0.0831. The summed E-state index contributed by atoms with van der Waals surface area (Å²) in [5, 5.41) is 9.23. The highest BCUT2D eigenvalue weighted by Crippen LogP contribution is 2.20. The molecule has 0 bridgehead atoms. The van der Waals surface area contributed by atoms with Crippen molar-refractivity contribution in [2.45, 2.75) is 0 Å². The van der Waals surface area contributed by atoms with Gasteiger partial charge in [-0.3, -0.25) is 20.4 Å². The third-order valence-electron chi connectivity index (χ3n) is 4.21. The minimum atomic E-state index is -0.579. The predicted molar refractivity (Wildman–Crippen MR) is 118 cm³/mol. The van der Waals surface area contributed by atoms with Gasteiger partial charge in [-0.2, -0.15) is 0 Å². The Morgan fingerprint density at radius 1 is 0.742 bits per heavy atom. The Bertz CT molecular complexity index is 1090. The molecule has 0 aliphatic heterocycles. The van der Waals surface area contributed by atoms with Gasteiger partial charge >= 0.3 is 5.91 Å². The number of nitrogen functional groups attached to an aromatic ring is 1. The number of benzene rings is 3. The zero-order chi connectivity index (χ0) is 22.1. The van der Waals surface area contributed by atoms with E-state index in [1.165, 1.54) is 41.7 Å². The molecule has 7 nitrogen and oxygen atoms in total. The highest BCUT2D eigenvalue weighted by Gasteiger charge is 2.11. The third kappa shape index (κ3) is 5.98. The van der Waals surface area contributed by atoms with Crippen molar-refractivity contribution in [3.05, 3.63) is 109 Å². The summed E-state index contributed by atoms with van der Waals surface area (Å²) in [4.78, 5) is 23.2. The molecule has 0 aliphatic carbocycles. The number of hydrazine groups is 1. The minimum Gasteiger partial charge on any atom is -0.506 e. The summed E-state index contributed by atoms with van der Waals surface area (Å²) in [6, 6.07) is 27.8. The van der Waals surface area contributed by atoms with E-state index in [0.717, 1.165) is 0 Å². The Labute approximate surface area is 179 Å². The van der Waals surface area contributed by atoms with Crippen molar-refractivity contribution in [3.63, 3.8) is 0 Å². The quantitative estimate of drug-likeness (QED) is 0.229. The molecule has 0 spiro atoms. The topological polar surface area (TPSA) is 118 Å². The van der Waals surface area contributed by atoms with Crippen LogP contribution in [0.15, 0.2) is 102 Å². The fourth-order valence-electron chi connectivity index (χ4n) is 2.61. The number of nitrogens with two attached hydrogens (primary N) is 1. The molecule has 2 amide bonds. The van der Waals surface area contributed by atoms with Crippen molar-refractivity contribution in [1.29, 1.82) is 0 Å². The number of nitrogens with one attached hydrogen (secondary N) is 2.